The molecular weight excluding hydrogens is 417 g/mol. The van der Waals surface area contributed by atoms with Crippen LogP contribution >= 0.6 is 11.3 Å². The van der Waals surface area contributed by atoms with E-state index in [0.717, 1.165) is 15.6 Å². The van der Waals surface area contributed by atoms with Gasteiger partial charge in [-0.15, -0.1) is 11.3 Å². The first-order valence-corrected chi connectivity index (χ1v) is 11.0. The van der Waals surface area contributed by atoms with Crippen LogP contribution in [0.4, 0.5) is 4.39 Å². The summed E-state index contributed by atoms with van der Waals surface area (Å²) in [7, 11) is 0. The van der Waals surface area contributed by atoms with Crippen LogP contribution in [0.2, 0.25) is 0 Å². The molecule has 160 valence electrons. The Morgan fingerprint density at radius 3 is 2.42 bits per heavy atom. The third kappa shape index (κ3) is 4.51. The zero-order valence-electron chi connectivity index (χ0n) is 17.1. The number of benzene rings is 2. The van der Waals surface area contributed by atoms with Gasteiger partial charge in [-0.25, -0.2) is 4.39 Å². The number of carbonyl (C=O) groups is 3. The Labute approximate surface area is 183 Å². The van der Waals surface area contributed by atoms with Gasteiger partial charge in [-0.2, -0.15) is 0 Å². The number of carbonyl (C=O) groups excluding carboxylic acids is 3. The molecule has 0 spiro atoms. The van der Waals surface area contributed by atoms with Gasteiger partial charge in [-0.05, 0) is 61.0 Å². The predicted octanol–water partition coefficient (Wildman–Crippen LogP) is 4.63. The summed E-state index contributed by atoms with van der Waals surface area (Å²) in [5.74, 6) is -1.51. The van der Waals surface area contributed by atoms with Gasteiger partial charge in [0, 0.05) is 23.4 Å². The highest BCUT2D eigenvalue weighted by Gasteiger charge is 2.29. The molecule has 3 aromatic rings. The van der Waals surface area contributed by atoms with Gasteiger partial charge < -0.3 is 9.64 Å². The molecule has 1 aliphatic heterocycles. The predicted molar refractivity (Wildman–Crippen MR) is 117 cm³/mol. The Hall–Kier alpha value is -3.06. The summed E-state index contributed by atoms with van der Waals surface area (Å²) in [5.41, 5.74) is 1.33. The van der Waals surface area contributed by atoms with E-state index in [0.29, 0.717) is 36.4 Å². The van der Waals surface area contributed by atoms with Crippen LogP contribution in [0.25, 0.3) is 10.1 Å². The van der Waals surface area contributed by atoms with Crippen molar-refractivity contribution in [1.82, 2.24) is 4.90 Å². The van der Waals surface area contributed by atoms with Crippen LogP contribution in [-0.2, 0) is 9.53 Å². The fourth-order valence-corrected chi connectivity index (χ4v) is 4.99. The minimum Gasteiger partial charge on any atom is -0.457 e. The van der Waals surface area contributed by atoms with Crippen molar-refractivity contribution in [2.24, 2.45) is 5.92 Å². The second-order valence-corrected chi connectivity index (χ2v) is 8.71. The molecule has 0 radical (unpaired) electrons. The van der Waals surface area contributed by atoms with Gasteiger partial charge >= 0.3 is 5.97 Å². The van der Waals surface area contributed by atoms with Gasteiger partial charge in [0.05, 0.1) is 10.8 Å². The molecule has 1 aliphatic rings. The van der Waals surface area contributed by atoms with Crippen LogP contribution in [0, 0.1) is 18.7 Å². The minimum absolute atomic E-state index is 0.178. The number of rotatable bonds is 5. The summed E-state index contributed by atoms with van der Waals surface area (Å²) in [6, 6.07) is 13.2. The number of Topliss-reactive ketones (excluding diaryl/α,β-unsaturated/α-hetero) is 1. The Morgan fingerprint density at radius 2 is 1.74 bits per heavy atom. The SMILES string of the molecule is Cc1c(C(=O)COC(=O)C2CCN(C(=O)c3ccc(F)cc3)CC2)sc2ccccc12. The van der Waals surface area contributed by atoms with Crippen molar-refractivity contribution in [3.8, 4) is 0 Å². The Kier molecular flexibility index (Phi) is 6.13. The second-order valence-electron chi connectivity index (χ2n) is 7.66. The van der Waals surface area contributed by atoms with E-state index in [1.807, 2.05) is 31.2 Å². The number of fused-ring (bicyclic) bond motifs is 1. The van der Waals surface area contributed by atoms with Crippen LogP contribution in [0.1, 0.15) is 38.4 Å². The zero-order valence-corrected chi connectivity index (χ0v) is 17.9. The summed E-state index contributed by atoms with van der Waals surface area (Å²) >= 11 is 1.41. The number of piperidine rings is 1. The molecule has 1 fully saturated rings. The average molecular weight is 440 g/mol. The highest BCUT2D eigenvalue weighted by molar-refractivity contribution is 7.21. The number of halogens is 1. The van der Waals surface area contributed by atoms with Crippen molar-refractivity contribution in [2.45, 2.75) is 19.8 Å². The van der Waals surface area contributed by atoms with Gasteiger partial charge in [-0.1, -0.05) is 18.2 Å². The lowest BCUT2D eigenvalue weighted by atomic mass is 9.96. The number of amides is 1. The van der Waals surface area contributed by atoms with E-state index in [4.69, 9.17) is 4.74 Å². The summed E-state index contributed by atoms with van der Waals surface area (Å²) in [6.07, 6.45) is 0.948. The molecule has 0 atom stereocenters. The van der Waals surface area contributed by atoms with Crippen molar-refractivity contribution in [3.05, 3.63) is 70.4 Å². The van der Waals surface area contributed by atoms with E-state index in [9.17, 15) is 18.8 Å². The number of nitrogens with zero attached hydrogens (tertiary/aromatic N) is 1. The molecule has 0 saturated carbocycles. The Morgan fingerprint density at radius 1 is 1.06 bits per heavy atom. The molecule has 1 saturated heterocycles. The first kappa shape index (κ1) is 21.2. The van der Waals surface area contributed by atoms with Crippen molar-refractivity contribution in [3.63, 3.8) is 0 Å². The van der Waals surface area contributed by atoms with E-state index in [1.165, 1.54) is 35.6 Å². The van der Waals surface area contributed by atoms with Gasteiger partial charge in [0.2, 0.25) is 5.78 Å². The van der Waals surface area contributed by atoms with E-state index in [2.05, 4.69) is 0 Å². The smallest absolute Gasteiger partial charge is 0.309 e. The maximum absolute atomic E-state index is 13.0. The molecule has 31 heavy (non-hydrogen) atoms. The number of likely N-dealkylation sites (tertiary alicyclic amines) is 1. The number of thiophene rings is 1. The van der Waals surface area contributed by atoms with Gasteiger partial charge in [0.25, 0.3) is 5.91 Å². The zero-order chi connectivity index (χ0) is 22.0. The third-order valence-electron chi connectivity index (χ3n) is 5.65. The number of ether oxygens (including phenoxy) is 1. The second kappa shape index (κ2) is 8.98. The molecule has 0 N–H and O–H groups in total. The van der Waals surface area contributed by atoms with Gasteiger partial charge in [0.1, 0.15) is 5.82 Å². The quantitative estimate of drug-likeness (QED) is 0.430. The molecule has 2 heterocycles. The minimum atomic E-state index is -0.402. The molecule has 7 heteroatoms. The maximum atomic E-state index is 13.0. The molecule has 1 amide bonds. The van der Waals surface area contributed by atoms with E-state index in [-0.39, 0.29) is 24.2 Å². The number of hydrogen-bond donors (Lipinski definition) is 0. The fraction of sp³-hybridized carbons (Fsp3) is 0.292. The fourth-order valence-electron chi connectivity index (χ4n) is 3.85. The topological polar surface area (TPSA) is 63.7 Å². The number of esters is 1. The Balaban J connectivity index is 1.30. The van der Waals surface area contributed by atoms with Crippen LogP contribution in [-0.4, -0.2) is 42.3 Å². The third-order valence-corrected chi connectivity index (χ3v) is 6.96. The summed E-state index contributed by atoms with van der Waals surface area (Å²) in [5, 5.41) is 1.04. The monoisotopic (exact) mass is 439 g/mol. The molecule has 0 aliphatic carbocycles. The molecule has 0 bridgehead atoms. The number of aryl methyl sites for hydroxylation is 1. The Bertz CT molecular complexity index is 1130. The van der Waals surface area contributed by atoms with Crippen LogP contribution in [0.5, 0.6) is 0 Å². The number of hydrogen-bond acceptors (Lipinski definition) is 5. The highest BCUT2D eigenvalue weighted by atomic mass is 32.1. The largest absolute Gasteiger partial charge is 0.457 e. The van der Waals surface area contributed by atoms with Crippen molar-refractivity contribution < 1.29 is 23.5 Å². The van der Waals surface area contributed by atoms with Crippen LogP contribution in [0.15, 0.2) is 48.5 Å². The molecular formula is C24H22FNO4S. The summed E-state index contributed by atoms with van der Waals surface area (Å²) in [4.78, 5) is 39.8. The first-order valence-electron chi connectivity index (χ1n) is 10.2. The summed E-state index contributed by atoms with van der Waals surface area (Å²) < 4.78 is 19.4. The van der Waals surface area contributed by atoms with Crippen molar-refractivity contribution in [2.75, 3.05) is 19.7 Å². The lowest BCUT2D eigenvalue weighted by molar-refractivity contribution is -0.148. The van der Waals surface area contributed by atoms with E-state index in [1.54, 1.807) is 4.90 Å². The first-order chi connectivity index (χ1) is 14.9. The van der Waals surface area contributed by atoms with E-state index < -0.39 is 11.8 Å². The number of ketones is 1. The normalized spacial score (nSPS) is 14.6. The molecule has 0 unspecified atom stereocenters. The molecule has 2 aromatic carbocycles. The van der Waals surface area contributed by atoms with Crippen molar-refractivity contribution in [1.29, 1.82) is 0 Å². The maximum Gasteiger partial charge on any atom is 0.309 e. The lowest BCUT2D eigenvalue weighted by Crippen LogP contribution is -2.40. The molecule has 5 nitrogen and oxygen atoms in total. The lowest BCUT2D eigenvalue weighted by Gasteiger charge is -2.31. The summed E-state index contributed by atoms with van der Waals surface area (Å²) in [6.45, 7) is 2.46. The van der Waals surface area contributed by atoms with E-state index >= 15 is 0 Å². The van der Waals surface area contributed by atoms with Crippen LogP contribution in [0.3, 0.4) is 0 Å². The standard InChI is InChI=1S/C24H22FNO4S/c1-15-19-4-2-3-5-21(19)31-22(15)20(27)14-30-24(29)17-10-12-26(13-11-17)23(28)16-6-8-18(25)9-7-16/h2-9,17H,10-14H2,1H3. The van der Waals surface area contributed by atoms with Crippen molar-refractivity contribution >= 4 is 39.1 Å². The average Bonchev–Trinajstić information content (AvgIpc) is 3.14. The van der Waals surface area contributed by atoms with Crippen LogP contribution < -0.4 is 0 Å². The van der Waals surface area contributed by atoms with Gasteiger partial charge in [0.15, 0.2) is 6.61 Å². The highest BCUT2D eigenvalue weighted by Crippen LogP contribution is 2.31. The van der Waals surface area contributed by atoms with Gasteiger partial charge in [-0.3, -0.25) is 14.4 Å². The molecule has 4 rings (SSSR count). The molecule has 1 aromatic heterocycles.